The van der Waals surface area contributed by atoms with Crippen LogP contribution in [0.2, 0.25) is 0 Å². The molecule has 2 bridgehead atoms. The summed E-state index contributed by atoms with van der Waals surface area (Å²) >= 11 is 3.56. The molecule has 11 heteroatoms. The minimum Gasteiger partial charge on any atom is -0.481 e. The van der Waals surface area contributed by atoms with Crippen LogP contribution in [0.15, 0.2) is 12.7 Å². The number of aliphatic hydroxyl groups excluding tert-OH is 1. The fraction of sp³-hybridized carbons (Fsp3) is 0.792. The molecule has 0 radical (unpaired) electrons. The van der Waals surface area contributed by atoms with Crippen LogP contribution in [0.5, 0.6) is 0 Å². The summed E-state index contributed by atoms with van der Waals surface area (Å²) in [6, 6.07) is -1.65. The summed E-state index contributed by atoms with van der Waals surface area (Å²) < 4.78 is 11.7. The molecule has 1 unspecified atom stereocenters. The average molecular weight is 558 g/mol. The number of carbonyl (C=O) groups is 3. The lowest BCUT2D eigenvalue weighted by Gasteiger charge is -2.41. The van der Waals surface area contributed by atoms with Crippen LogP contribution in [0.1, 0.15) is 20.3 Å². The molecule has 4 saturated heterocycles. The van der Waals surface area contributed by atoms with Gasteiger partial charge in [0.2, 0.25) is 11.8 Å². The van der Waals surface area contributed by atoms with Crippen molar-refractivity contribution in [1.29, 1.82) is 0 Å². The number of carbonyl (C=O) groups excluding carboxylic acids is 2. The SMILES string of the molecule is C=CCN(CCN1CCOCC1)C(=O)[C@@H]1N([C@@H](CO)C(C)C)C(=O)[C@H]2[C@H](C(=O)O)[C@H]3O[C@@]12CC3Br. The highest BCUT2D eigenvalue weighted by atomic mass is 79.9. The molecular weight excluding hydrogens is 522 g/mol. The second kappa shape index (κ2) is 10.5. The van der Waals surface area contributed by atoms with E-state index in [2.05, 4.69) is 27.4 Å². The van der Waals surface area contributed by atoms with E-state index in [1.165, 1.54) is 4.90 Å². The molecule has 4 aliphatic heterocycles. The molecular formula is C24H36BrN3O7. The Hall–Kier alpha value is -1.53. The van der Waals surface area contributed by atoms with Gasteiger partial charge in [-0.1, -0.05) is 35.9 Å². The second-order valence-corrected chi connectivity index (χ2v) is 11.4. The van der Waals surface area contributed by atoms with Crippen LogP contribution < -0.4 is 0 Å². The quantitative estimate of drug-likeness (QED) is 0.288. The number of carboxylic acids is 1. The first-order valence-electron chi connectivity index (χ1n) is 12.4. The fourth-order valence-corrected chi connectivity index (χ4v) is 7.26. The fourth-order valence-electron chi connectivity index (χ4n) is 6.31. The van der Waals surface area contributed by atoms with Crippen molar-refractivity contribution in [2.45, 2.75) is 48.9 Å². The van der Waals surface area contributed by atoms with Crippen molar-refractivity contribution in [3.63, 3.8) is 0 Å². The molecule has 2 N–H and O–H groups in total. The maximum Gasteiger partial charge on any atom is 0.310 e. The Morgan fingerprint density at radius 1 is 1.34 bits per heavy atom. The maximum atomic E-state index is 14.2. The predicted molar refractivity (Wildman–Crippen MR) is 130 cm³/mol. The number of fused-ring (bicyclic) bond motifs is 1. The van der Waals surface area contributed by atoms with E-state index in [-0.39, 0.29) is 29.8 Å². The zero-order valence-corrected chi connectivity index (χ0v) is 21.9. The minimum absolute atomic E-state index is 0.143. The first kappa shape index (κ1) is 26.5. The zero-order valence-electron chi connectivity index (χ0n) is 20.3. The Balaban J connectivity index is 1.70. The number of nitrogens with zero attached hydrogens (tertiary/aromatic N) is 3. The molecule has 4 aliphatic rings. The van der Waals surface area contributed by atoms with E-state index in [0.717, 1.165) is 13.1 Å². The summed E-state index contributed by atoms with van der Waals surface area (Å²) in [7, 11) is 0. The number of amides is 2. The van der Waals surface area contributed by atoms with Gasteiger partial charge in [-0.15, -0.1) is 6.58 Å². The van der Waals surface area contributed by atoms with E-state index in [4.69, 9.17) is 9.47 Å². The third kappa shape index (κ3) is 4.43. The van der Waals surface area contributed by atoms with Crippen LogP contribution in [0, 0.1) is 17.8 Å². The van der Waals surface area contributed by atoms with E-state index >= 15 is 0 Å². The van der Waals surface area contributed by atoms with Gasteiger partial charge < -0.3 is 29.5 Å². The van der Waals surface area contributed by atoms with Gasteiger partial charge in [0.25, 0.3) is 0 Å². The summed E-state index contributed by atoms with van der Waals surface area (Å²) in [4.78, 5) is 45.4. The summed E-state index contributed by atoms with van der Waals surface area (Å²) in [5.41, 5.74) is -1.25. The Labute approximate surface area is 214 Å². The third-order valence-electron chi connectivity index (χ3n) is 8.01. The van der Waals surface area contributed by atoms with Gasteiger partial charge in [0.05, 0.1) is 43.8 Å². The van der Waals surface area contributed by atoms with E-state index in [1.54, 1.807) is 11.0 Å². The number of aliphatic hydroxyl groups is 1. The third-order valence-corrected chi connectivity index (χ3v) is 8.86. The van der Waals surface area contributed by atoms with E-state index in [9.17, 15) is 24.6 Å². The summed E-state index contributed by atoms with van der Waals surface area (Å²) in [5.74, 6) is -3.97. The van der Waals surface area contributed by atoms with Gasteiger partial charge in [0, 0.05) is 37.6 Å². The van der Waals surface area contributed by atoms with Crippen LogP contribution in [0.4, 0.5) is 0 Å². The Bertz CT molecular complexity index is 851. The standard InChI is InChI=1S/C24H36BrN3O7/c1-4-5-27(7-6-26-8-10-34-11-9-26)22(31)20-24-12-15(25)19(35-24)17(23(32)33)18(24)21(30)28(20)16(13-29)14(2)3/h4,14-20,29H,1,5-13H2,2-3H3,(H,32,33)/t15?,16-,17-,18+,19-,20-,24+/m0/s1. The molecule has 35 heavy (non-hydrogen) atoms. The summed E-state index contributed by atoms with van der Waals surface area (Å²) in [6.07, 6.45) is 1.32. The maximum absolute atomic E-state index is 14.2. The molecule has 0 aliphatic carbocycles. The predicted octanol–water partition coefficient (Wildman–Crippen LogP) is 0.183. The lowest BCUT2D eigenvalue weighted by Crippen LogP contribution is -2.60. The van der Waals surface area contributed by atoms with Crippen molar-refractivity contribution in [3.05, 3.63) is 12.7 Å². The molecule has 7 atom stereocenters. The Kier molecular flexibility index (Phi) is 7.92. The summed E-state index contributed by atoms with van der Waals surface area (Å²) in [6.45, 7) is 11.5. The van der Waals surface area contributed by atoms with Gasteiger partial charge in [-0.25, -0.2) is 0 Å². The smallest absolute Gasteiger partial charge is 0.310 e. The first-order valence-corrected chi connectivity index (χ1v) is 13.3. The highest BCUT2D eigenvalue weighted by molar-refractivity contribution is 9.09. The zero-order chi connectivity index (χ0) is 25.5. The van der Waals surface area contributed by atoms with Crippen LogP contribution in [0.25, 0.3) is 0 Å². The van der Waals surface area contributed by atoms with Crippen molar-refractivity contribution >= 4 is 33.7 Å². The highest BCUT2D eigenvalue weighted by Gasteiger charge is 2.77. The highest BCUT2D eigenvalue weighted by Crippen LogP contribution is 2.60. The number of aliphatic carboxylic acids is 1. The number of hydrogen-bond donors (Lipinski definition) is 2. The average Bonchev–Trinajstić information content (AvgIpc) is 3.41. The van der Waals surface area contributed by atoms with E-state index < -0.39 is 47.5 Å². The number of halogens is 1. The molecule has 4 heterocycles. The first-order chi connectivity index (χ1) is 16.7. The molecule has 10 nitrogen and oxygen atoms in total. The molecule has 1 spiro atoms. The number of carboxylic acid groups (broad SMARTS) is 1. The molecule has 4 rings (SSSR count). The Morgan fingerprint density at radius 2 is 2.03 bits per heavy atom. The van der Waals surface area contributed by atoms with Crippen LogP contribution in [-0.4, -0.2) is 124 Å². The molecule has 0 saturated carbocycles. The topological polar surface area (TPSA) is 120 Å². The van der Waals surface area contributed by atoms with Gasteiger partial charge in [-0.05, 0) is 12.3 Å². The van der Waals surface area contributed by atoms with Crippen LogP contribution in [-0.2, 0) is 23.9 Å². The molecule has 0 aromatic carbocycles. The number of hydrogen-bond acceptors (Lipinski definition) is 7. The summed E-state index contributed by atoms with van der Waals surface area (Å²) in [5, 5.41) is 20.2. The van der Waals surface area contributed by atoms with Gasteiger partial charge in [0.1, 0.15) is 11.6 Å². The molecule has 2 amide bonds. The lowest BCUT2D eigenvalue weighted by atomic mass is 9.70. The largest absolute Gasteiger partial charge is 0.481 e. The lowest BCUT2D eigenvalue weighted by molar-refractivity contribution is -0.154. The second-order valence-electron chi connectivity index (χ2n) is 10.3. The number of rotatable bonds is 10. The Morgan fingerprint density at radius 3 is 2.60 bits per heavy atom. The molecule has 0 aromatic rings. The molecule has 0 aromatic heterocycles. The van der Waals surface area contributed by atoms with Gasteiger partial charge in [-0.2, -0.15) is 0 Å². The molecule has 4 fully saturated rings. The van der Waals surface area contributed by atoms with Crippen LogP contribution >= 0.6 is 15.9 Å². The minimum atomic E-state index is -1.25. The number of morpholine rings is 1. The van der Waals surface area contributed by atoms with Crippen LogP contribution in [0.3, 0.4) is 0 Å². The van der Waals surface area contributed by atoms with Crippen molar-refractivity contribution in [1.82, 2.24) is 14.7 Å². The van der Waals surface area contributed by atoms with Crippen molar-refractivity contribution in [3.8, 4) is 0 Å². The molecule has 196 valence electrons. The monoisotopic (exact) mass is 557 g/mol. The van der Waals surface area contributed by atoms with Crippen molar-refractivity contribution in [2.24, 2.45) is 17.8 Å². The normalized spacial score (nSPS) is 35.4. The van der Waals surface area contributed by atoms with Crippen molar-refractivity contribution < 1.29 is 34.1 Å². The van der Waals surface area contributed by atoms with Gasteiger partial charge >= 0.3 is 5.97 Å². The number of ether oxygens (including phenoxy) is 2. The van der Waals surface area contributed by atoms with Gasteiger partial charge in [-0.3, -0.25) is 19.3 Å². The van der Waals surface area contributed by atoms with Gasteiger partial charge in [0.15, 0.2) is 0 Å². The van der Waals surface area contributed by atoms with E-state index in [1.807, 2.05) is 13.8 Å². The van der Waals surface area contributed by atoms with E-state index in [0.29, 0.717) is 32.7 Å². The van der Waals surface area contributed by atoms with Crippen molar-refractivity contribution in [2.75, 3.05) is 52.5 Å². The number of alkyl halides is 1. The number of likely N-dealkylation sites (tertiary alicyclic amines) is 1.